The molecule has 0 saturated heterocycles. The number of nitrogens with one attached hydrogen (secondary N) is 2. The molecule has 0 spiro atoms. The fourth-order valence-electron chi connectivity index (χ4n) is 3.01. The van der Waals surface area contributed by atoms with E-state index in [1.807, 2.05) is 36.0 Å². The first-order valence-electron chi connectivity index (χ1n) is 10.3. The Labute approximate surface area is 169 Å². The number of hydrogen-bond donors (Lipinski definition) is 2. The molecule has 2 rings (SSSR count). The van der Waals surface area contributed by atoms with Gasteiger partial charge >= 0.3 is 0 Å². The highest BCUT2D eigenvalue weighted by Gasteiger charge is 2.13. The van der Waals surface area contributed by atoms with Crippen molar-refractivity contribution >= 4 is 5.96 Å². The summed E-state index contributed by atoms with van der Waals surface area (Å²) in [5.41, 5.74) is 2.34. The van der Waals surface area contributed by atoms with Crippen LogP contribution in [-0.4, -0.2) is 41.5 Å². The largest absolute Gasteiger partial charge is 0.378 e. The number of benzene rings is 1. The summed E-state index contributed by atoms with van der Waals surface area (Å²) in [6, 6.07) is 10.3. The number of aromatic nitrogens is 2. The molecule has 0 aliphatic heterocycles. The molecule has 6 heteroatoms. The van der Waals surface area contributed by atoms with Gasteiger partial charge in [0.1, 0.15) is 0 Å². The zero-order valence-corrected chi connectivity index (χ0v) is 17.7. The van der Waals surface area contributed by atoms with Crippen molar-refractivity contribution in [3.63, 3.8) is 0 Å². The fourth-order valence-corrected chi connectivity index (χ4v) is 3.01. The maximum Gasteiger partial charge on any atom is 0.191 e. The molecule has 2 N–H and O–H groups in total. The predicted octanol–water partition coefficient (Wildman–Crippen LogP) is 3.44. The van der Waals surface area contributed by atoms with Gasteiger partial charge in [-0.25, -0.2) is 4.99 Å². The van der Waals surface area contributed by atoms with Crippen molar-refractivity contribution in [1.29, 1.82) is 0 Å². The first-order valence-corrected chi connectivity index (χ1v) is 10.3. The Kier molecular flexibility index (Phi) is 9.55. The molecular formula is C22H35N5O. The standard InChI is InChI=1S/C22H35N5O/c1-5-23-22(24-13-12-21(18(3)4)28-6-2)25-14-20-15-26-27(17-20)16-19-10-8-7-9-11-19/h7-11,15,17-18,21H,5-6,12-14,16H2,1-4H3,(H2,23,24,25). The number of nitrogens with zero attached hydrogens (tertiary/aromatic N) is 3. The molecule has 1 aromatic heterocycles. The molecule has 0 fully saturated rings. The lowest BCUT2D eigenvalue weighted by Crippen LogP contribution is -2.39. The van der Waals surface area contributed by atoms with Crippen LogP contribution in [0.15, 0.2) is 47.7 Å². The van der Waals surface area contributed by atoms with E-state index in [0.29, 0.717) is 12.5 Å². The molecule has 1 unspecified atom stereocenters. The summed E-state index contributed by atoms with van der Waals surface area (Å²) in [4.78, 5) is 4.69. The third-order valence-electron chi connectivity index (χ3n) is 4.48. The van der Waals surface area contributed by atoms with E-state index in [1.54, 1.807) is 0 Å². The molecule has 0 bridgehead atoms. The molecule has 28 heavy (non-hydrogen) atoms. The van der Waals surface area contributed by atoms with Gasteiger partial charge in [0.2, 0.25) is 0 Å². The average molecular weight is 386 g/mol. The van der Waals surface area contributed by atoms with Gasteiger partial charge in [0.05, 0.1) is 25.4 Å². The molecule has 1 heterocycles. The number of hydrogen-bond acceptors (Lipinski definition) is 3. The van der Waals surface area contributed by atoms with E-state index in [1.165, 1.54) is 5.56 Å². The maximum atomic E-state index is 5.81. The van der Waals surface area contributed by atoms with Gasteiger partial charge in [0.25, 0.3) is 0 Å². The molecule has 2 aromatic rings. The van der Waals surface area contributed by atoms with Crippen LogP contribution < -0.4 is 10.6 Å². The van der Waals surface area contributed by atoms with Gasteiger partial charge in [-0.05, 0) is 31.7 Å². The fraction of sp³-hybridized carbons (Fsp3) is 0.545. The van der Waals surface area contributed by atoms with Crippen LogP contribution in [0.25, 0.3) is 0 Å². The molecule has 1 atom stereocenters. The summed E-state index contributed by atoms with van der Waals surface area (Å²) < 4.78 is 7.77. The second-order valence-corrected chi connectivity index (χ2v) is 7.18. The Morgan fingerprint density at radius 3 is 2.61 bits per heavy atom. The summed E-state index contributed by atoms with van der Waals surface area (Å²) in [5, 5.41) is 11.2. The molecule has 0 aliphatic rings. The van der Waals surface area contributed by atoms with Crippen LogP contribution in [0, 0.1) is 5.92 Å². The molecule has 0 radical (unpaired) electrons. The molecular weight excluding hydrogens is 350 g/mol. The average Bonchev–Trinajstić information content (AvgIpc) is 3.13. The predicted molar refractivity (Wildman–Crippen MR) is 115 cm³/mol. The molecule has 1 aromatic carbocycles. The lowest BCUT2D eigenvalue weighted by atomic mass is 10.0. The Hall–Kier alpha value is -2.34. The highest BCUT2D eigenvalue weighted by molar-refractivity contribution is 5.79. The van der Waals surface area contributed by atoms with Gasteiger partial charge in [-0.3, -0.25) is 4.68 Å². The normalized spacial score (nSPS) is 13.0. The molecule has 0 aliphatic carbocycles. The van der Waals surface area contributed by atoms with Crippen LogP contribution >= 0.6 is 0 Å². The lowest BCUT2D eigenvalue weighted by molar-refractivity contribution is 0.0258. The summed E-state index contributed by atoms with van der Waals surface area (Å²) in [6.45, 7) is 12.3. The third kappa shape index (κ3) is 7.72. The van der Waals surface area contributed by atoms with Crippen molar-refractivity contribution in [2.45, 2.75) is 53.3 Å². The second-order valence-electron chi connectivity index (χ2n) is 7.18. The van der Waals surface area contributed by atoms with Gasteiger partial charge in [0.15, 0.2) is 5.96 Å². The number of rotatable bonds is 11. The van der Waals surface area contributed by atoms with Crippen molar-refractivity contribution in [3.05, 3.63) is 53.9 Å². The van der Waals surface area contributed by atoms with E-state index in [4.69, 9.17) is 9.73 Å². The van der Waals surface area contributed by atoms with Crippen LogP contribution in [0.5, 0.6) is 0 Å². The third-order valence-corrected chi connectivity index (χ3v) is 4.48. The van der Waals surface area contributed by atoms with Crippen molar-refractivity contribution in [3.8, 4) is 0 Å². The minimum absolute atomic E-state index is 0.275. The minimum Gasteiger partial charge on any atom is -0.378 e. The molecule has 0 saturated carbocycles. The lowest BCUT2D eigenvalue weighted by Gasteiger charge is -2.21. The van der Waals surface area contributed by atoms with E-state index < -0.39 is 0 Å². The van der Waals surface area contributed by atoms with E-state index in [-0.39, 0.29) is 6.10 Å². The molecule has 154 valence electrons. The summed E-state index contributed by atoms with van der Waals surface area (Å²) in [5.74, 6) is 1.34. The summed E-state index contributed by atoms with van der Waals surface area (Å²) in [6.07, 6.45) is 5.19. The summed E-state index contributed by atoms with van der Waals surface area (Å²) >= 11 is 0. The SMILES string of the molecule is CCNC(=NCc1cnn(Cc2ccccc2)c1)NCCC(OCC)C(C)C. The van der Waals surface area contributed by atoms with Crippen molar-refractivity contribution in [2.24, 2.45) is 10.9 Å². The van der Waals surface area contributed by atoms with Gasteiger partial charge in [-0.1, -0.05) is 44.2 Å². The zero-order chi connectivity index (χ0) is 20.2. The van der Waals surface area contributed by atoms with Crippen LogP contribution in [0.1, 0.15) is 45.2 Å². The Bertz CT molecular complexity index is 696. The smallest absolute Gasteiger partial charge is 0.191 e. The quantitative estimate of drug-likeness (QED) is 0.459. The minimum atomic E-state index is 0.275. The Balaban J connectivity index is 1.86. The Morgan fingerprint density at radius 1 is 1.14 bits per heavy atom. The van der Waals surface area contributed by atoms with Crippen LogP contribution in [0.2, 0.25) is 0 Å². The van der Waals surface area contributed by atoms with E-state index in [2.05, 4.69) is 54.8 Å². The van der Waals surface area contributed by atoms with Crippen LogP contribution in [0.4, 0.5) is 0 Å². The Morgan fingerprint density at radius 2 is 1.93 bits per heavy atom. The second kappa shape index (κ2) is 12.2. The van der Waals surface area contributed by atoms with E-state index >= 15 is 0 Å². The van der Waals surface area contributed by atoms with Crippen LogP contribution in [-0.2, 0) is 17.8 Å². The summed E-state index contributed by atoms with van der Waals surface area (Å²) in [7, 11) is 0. The zero-order valence-electron chi connectivity index (χ0n) is 17.7. The number of guanidine groups is 1. The number of aliphatic imine (C=N–C) groups is 1. The van der Waals surface area contributed by atoms with Crippen molar-refractivity contribution < 1.29 is 4.74 Å². The van der Waals surface area contributed by atoms with E-state index in [0.717, 1.165) is 44.2 Å². The van der Waals surface area contributed by atoms with Gasteiger partial charge in [-0.2, -0.15) is 5.10 Å². The van der Waals surface area contributed by atoms with Gasteiger partial charge in [-0.15, -0.1) is 0 Å². The maximum absolute atomic E-state index is 5.81. The van der Waals surface area contributed by atoms with Crippen molar-refractivity contribution in [2.75, 3.05) is 19.7 Å². The molecule has 6 nitrogen and oxygen atoms in total. The van der Waals surface area contributed by atoms with Gasteiger partial charge < -0.3 is 15.4 Å². The highest BCUT2D eigenvalue weighted by Crippen LogP contribution is 2.10. The highest BCUT2D eigenvalue weighted by atomic mass is 16.5. The van der Waals surface area contributed by atoms with Crippen molar-refractivity contribution in [1.82, 2.24) is 20.4 Å². The monoisotopic (exact) mass is 385 g/mol. The molecule has 0 amide bonds. The topological polar surface area (TPSA) is 63.5 Å². The number of ether oxygens (including phenoxy) is 1. The first kappa shape index (κ1) is 22.0. The van der Waals surface area contributed by atoms with E-state index in [9.17, 15) is 0 Å². The first-order chi connectivity index (χ1) is 13.6. The van der Waals surface area contributed by atoms with Gasteiger partial charge in [0, 0.05) is 31.5 Å². The van der Waals surface area contributed by atoms with Crippen LogP contribution in [0.3, 0.4) is 0 Å².